The molecule has 108 valence electrons. The van der Waals surface area contributed by atoms with E-state index in [1.807, 2.05) is 13.1 Å². The number of hydrogen-bond donors (Lipinski definition) is 1. The van der Waals surface area contributed by atoms with Crippen molar-refractivity contribution >= 4 is 5.69 Å². The van der Waals surface area contributed by atoms with Gasteiger partial charge in [0.2, 0.25) is 0 Å². The lowest BCUT2D eigenvalue weighted by Crippen LogP contribution is -2.42. The first-order chi connectivity index (χ1) is 9.65. The van der Waals surface area contributed by atoms with Crippen molar-refractivity contribution in [3.05, 3.63) is 29.3 Å². The smallest absolute Gasteiger partial charge is 0.101 e. The third-order valence-electron chi connectivity index (χ3n) is 4.10. The zero-order valence-corrected chi connectivity index (χ0v) is 12.7. The van der Waals surface area contributed by atoms with Crippen LogP contribution in [0.1, 0.15) is 24.0 Å². The summed E-state index contributed by atoms with van der Waals surface area (Å²) in [5.74, 6) is 0. The summed E-state index contributed by atoms with van der Waals surface area (Å²) in [6, 6.07) is 9.23. The van der Waals surface area contributed by atoms with Gasteiger partial charge in [0.25, 0.3) is 0 Å². The molecule has 2 rings (SSSR count). The lowest BCUT2D eigenvalue weighted by molar-refractivity contribution is 0.249. The van der Waals surface area contributed by atoms with Crippen LogP contribution < -0.4 is 10.2 Å². The summed E-state index contributed by atoms with van der Waals surface area (Å²) in [4.78, 5) is 4.65. The van der Waals surface area contributed by atoms with E-state index in [-0.39, 0.29) is 0 Å². The molecule has 4 nitrogen and oxygen atoms in total. The average Bonchev–Trinajstić information content (AvgIpc) is 2.47. The molecule has 1 aromatic rings. The first kappa shape index (κ1) is 14.8. The van der Waals surface area contributed by atoms with Crippen LogP contribution in [0.25, 0.3) is 0 Å². The summed E-state index contributed by atoms with van der Waals surface area (Å²) < 4.78 is 0. The predicted octanol–water partition coefficient (Wildman–Crippen LogP) is 1.81. The summed E-state index contributed by atoms with van der Waals surface area (Å²) in [6.07, 6.45) is 2.33. The highest BCUT2D eigenvalue weighted by molar-refractivity contribution is 5.60. The highest BCUT2D eigenvalue weighted by Gasteiger charge is 2.22. The zero-order valence-electron chi connectivity index (χ0n) is 12.7. The Bertz CT molecular complexity index is 482. The van der Waals surface area contributed by atoms with Crippen LogP contribution in [0.4, 0.5) is 5.69 Å². The van der Waals surface area contributed by atoms with Crippen molar-refractivity contribution in [1.29, 1.82) is 5.26 Å². The number of piperidine rings is 1. The topological polar surface area (TPSA) is 42.3 Å². The Balaban J connectivity index is 2.12. The van der Waals surface area contributed by atoms with E-state index >= 15 is 0 Å². The minimum absolute atomic E-state index is 0.667. The van der Waals surface area contributed by atoms with Crippen LogP contribution in [-0.2, 0) is 6.54 Å². The first-order valence-corrected chi connectivity index (χ1v) is 7.24. The van der Waals surface area contributed by atoms with Crippen LogP contribution in [0.5, 0.6) is 0 Å². The van der Waals surface area contributed by atoms with Gasteiger partial charge in [-0.05, 0) is 51.7 Å². The molecule has 0 aromatic heterocycles. The van der Waals surface area contributed by atoms with Crippen LogP contribution in [0.3, 0.4) is 0 Å². The van der Waals surface area contributed by atoms with E-state index in [9.17, 15) is 5.26 Å². The molecule has 0 spiro atoms. The van der Waals surface area contributed by atoms with Crippen molar-refractivity contribution < 1.29 is 0 Å². The van der Waals surface area contributed by atoms with E-state index < -0.39 is 0 Å². The van der Waals surface area contributed by atoms with Gasteiger partial charge in [-0.2, -0.15) is 5.26 Å². The highest BCUT2D eigenvalue weighted by Crippen LogP contribution is 2.26. The molecule has 1 aliphatic rings. The second kappa shape index (κ2) is 6.74. The molecule has 0 amide bonds. The Morgan fingerprint density at radius 2 is 2.05 bits per heavy atom. The van der Waals surface area contributed by atoms with Gasteiger partial charge in [-0.15, -0.1) is 0 Å². The minimum atomic E-state index is 0.667. The SMILES string of the molecule is CNCc1ccc(N2CCC(N(C)C)CC2)c(C#N)c1. The molecule has 1 N–H and O–H groups in total. The summed E-state index contributed by atoms with van der Waals surface area (Å²) in [6.45, 7) is 2.86. The van der Waals surface area contributed by atoms with Crippen LogP contribution in [-0.4, -0.2) is 45.2 Å². The zero-order chi connectivity index (χ0) is 14.5. The Labute approximate surface area is 122 Å². The molecule has 20 heavy (non-hydrogen) atoms. The van der Waals surface area contributed by atoms with Crippen molar-refractivity contribution in [3.63, 3.8) is 0 Å². The maximum atomic E-state index is 9.38. The van der Waals surface area contributed by atoms with Gasteiger partial charge < -0.3 is 15.1 Å². The van der Waals surface area contributed by atoms with E-state index in [0.29, 0.717) is 6.04 Å². The van der Waals surface area contributed by atoms with E-state index in [2.05, 4.69) is 47.4 Å². The molecule has 0 aliphatic carbocycles. The molecule has 1 aromatic carbocycles. The predicted molar refractivity (Wildman–Crippen MR) is 82.8 cm³/mol. The van der Waals surface area contributed by atoms with Crippen LogP contribution in [0, 0.1) is 11.3 Å². The van der Waals surface area contributed by atoms with Gasteiger partial charge in [0.05, 0.1) is 11.3 Å². The summed E-state index contributed by atoms with van der Waals surface area (Å²) in [7, 11) is 6.22. The molecule has 1 aliphatic heterocycles. The summed E-state index contributed by atoms with van der Waals surface area (Å²) in [5, 5.41) is 12.5. The summed E-state index contributed by atoms with van der Waals surface area (Å²) in [5.41, 5.74) is 3.04. The molecule has 1 saturated heterocycles. The fourth-order valence-electron chi connectivity index (χ4n) is 2.89. The van der Waals surface area contributed by atoms with Crippen molar-refractivity contribution in [3.8, 4) is 6.07 Å². The van der Waals surface area contributed by atoms with E-state index in [1.54, 1.807) is 0 Å². The molecular formula is C16H24N4. The van der Waals surface area contributed by atoms with E-state index in [1.165, 1.54) is 0 Å². The van der Waals surface area contributed by atoms with E-state index in [4.69, 9.17) is 0 Å². The lowest BCUT2D eigenvalue weighted by atomic mass is 10.0. The van der Waals surface area contributed by atoms with Gasteiger partial charge in [0, 0.05) is 25.7 Å². The largest absolute Gasteiger partial charge is 0.370 e. The Morgan fingerprint density at radius 3 is 2.60 bits per heavy atom. The van der Waals surface area contributed by atoms with Crippen LogP contribution in [0.15, 0.2) is 18.2 Å². The number of benzene rings is 1. The first-order valence-electron chi connectivity index (χ1n) is 7.24. The van der Waals surface area contributed by atoms with Gasteiger partial charge in [-0.3, -0.25) is 0 Å². The lowest BCUT2D eigenvalue weighted by Gasteiger charge is -2.36. The molecule has 1 heterocycles. The van der Waals surface area contributed by atoms with Gasteiger partial charge in [-0.25, -0.2) is 0 Å². The monoisotopic (exact) mass is 272 g/mol. The van der Waals surface area contributed by atoms with Gasteiger partial charge in [-0.1, -0.05) is 6.07 Å². The van der Waals surface area contributed by atoms with E-state index in [0.717, 1.165) is 49.3 Å². The molecular weight excluding hydrogens is 248 g/mol. The number of anilines is 1. The van der Waals surface area contributed by atoms with Crippen LogP contribution in [0.2, 0.25) is 0 Å². The number of hydrogen-bond acceptors (Lipinski definition) is 4. The van der Waals surface area contributed by atoms with Crippen molar-refractivity contribution in [2.45, 2.75) is 25.4 Å². The molecule has 0 radical (unpaired) electrons. The molecule has 0 unspecified atom stereocenters. The quantitative estimate of drug-likeness (QED) is 0.907. The minimum Gasteiger partial charge on any atom is -0.370 e. The van der Waals surface area contributed by atoms with Crippen molar-refractivity contribution in [2.75, 3.05) is 39.1 Å². The van der Waals surface area contributed by atoms with Gasteiger partial charge in [0.1, 0.15) is 6.07 Å². The van der Waals surface area contributed by atoms with Crippen LogP contribution >= 0.6 is 0 Å². The fourth-order valence-corrected chi connectivity index (χ4v) is 2.89. The maximum absolute atomic E-state index is 9.38. The maximum Gasteiger partial charge on any atom is 0.101 e. The Hall–Kier alpha value is -1.57. The number of nitrogens with zero attached hydrogens (tertiary/aromatic N) is 3. The second-order valence-electron chi connectivity index (χ2n) is 5.68. The molecule has 4 heteroatoms. The Kier molecular flexibility index (Phi) is 4.99. The third kappa shape index (κ3) is 3.30. The number of nitrogens with one attached hydrogen (secondary N) is 1. The third-order valence-corrected chi connectivity index (χ3v) is 4.10. The standard InChI is InChI=1S/C16H24N4/c1-18-12-13-4-5-16(14(10-13)11-17)20-8-6-15(7-9-20)19(2)3/h4-5,10,15,18H,6-9,12H2,1-3H3. The summed E-state index contributed by atoms with van der Waals surface area (Å²) >= 11 is 0. The fraction of sp³-hybridized carbons (Fsp3) is 0.562. The second-order valence-corrected chi connectivity index (χ2v) is 5.68. The normalized spacial score (nSPS) is 16.4. The molecule has 0 atom stereocenters. The highest BCUT2D eigenvalue weighted by atomic mass is 15.2. The number of rotatable bonds is 4. The molecule has 0 bridgehead atoms. The molecule has 0 saturated carbocycles. The Morgan fingerprint density at radius 1 is 1.35 bits per heavy atom. The number of nitriles is 1. The van der Waals surface area contributed by atoms with Gasteiger partial charge in [0.15, 0.2) is 0 Å². The average molecular weight is 272 g/mol. The van der Waals surface area contributed by atoms with Crippen molar-refractivity contribution in [2.24, 2.45) is 0 Å². The van der Waals surface area contributed by atoms with Crippen molar-refractivity contribution in [1.82, 2.24) is 10.2 Å². The van der Waals surface area contributed by atoms with Gasteiger partial charge >= 0.3 is 0 Å². The molecule has 1 fully saturated rings.